The molecule has 12 nitrogen and oxygen atoms in total. The van der Waals surface area contributed by atoms with E-state index in [4.69, 9.17) is 18.9 Å². The molecule has 1 aliphatic rings. The van der Waals surface area contributed by atoms with Gasteiger partial charge in [-0.15, -0.1) is 0 Å². The van der Waals surface area contributed by atoms with Crippen molar-refractivity contribution in [3.05, 3.63) is 102 Å². The number of hydrogen-bond acceptors (Lipinski definition) is 9. The number of methoxy groups -OCH3 is 2. The summed E-state index contributed by atoms with van der Waals surface area (Å²) in [6.07, 6.45) is 1.67. The van der Waals surface area contributed by atoms with Crippen molar-refractivity contribution < 1.29 is 28.5 Å². The van der Waals surface area contributed by atoms with Gasteiger partial charge in [-0.3, -0.25) is 9.69 Å². The number of ether oxygens (including phenoxy) is 4. The highest BCUT2D eigenvalue weighted by molar-refractivity contribution is 6.09. The highest BCUT2D eigenvalue weighted by atomic mass is 16.5. The van der Waals surface area contributed by atoms with Crippen LogP contribution in [0.5, 0.6) is 23.0 Å². The van der Waals surface area contributed by atoms with Gasteiger partial charge in [0.1, 0.15) is 23.1 Å². The molecule has 0 unspecified atom stereocenters. The van der Waals surface area contributed by atoms with Crippen molar-refractivity contribution in [2.24, 2.45) is 0 Å². The Balaban J connectivity index is 1.19. The molecule has 2 heterocycles. The van der Waals surface area contributed by atoms with Gasteiger partial charge >= 0.3 is 6.03 Å². The van der Waals surface area contributed by atoms with E-state index < -0.39 is 6.03 Å². The third-order valence-electron chi connectivity index (χ3n) is 8.90. The fourth-order valence-corrected chi connectivity index (χ4v) is 6.05. The molecule has 4 aromatic carbocycles. The number of amides is 3. The first-order valence-corrected chi connectivity index (χ1v) is 17.6. The van der Waals surface area contributed by atoms with Crippen molar-refractivity contribution in [1.82, 2.24) is 15.2 Å². The molecule has 0 saturated carbocycles. The molecule has 53 heavy (non-hydrogen) atoms. The number of morpholine rings is 1. The summed E-state index contributed by atoms with van der Waals surface area (Å²) in [5.41, 5.74) is 2.70. The molecule has 0 aliphatic carbocycles. The lowest BCUT2D eigenvalue weighted by atomic mass is 9.85. The zero-order chi connectivity index (χ0) is 37.4. The number of fused-ring (bicyclic) bond motifs is 1. The lowest BCUT2D eigenvalue weighted by Gasteiger charge is -2.26. The summed E-state index contributed by atoms with van der Waals surface area (Å²) in [4.78, 5) is 33.8. The number of pyridine rings is 1. The minimum atomic E-state index is -0.491. The van der Waals surface area contributed by atoms with Gasteiger partial charge in [-0.05, 0) is 53.4 Å². The average Bonchev–Trinajstić information content (AvgIpc) is 3.15. The lowest BCUT2D eigenvalue weighted by molar-refractivity contribution is 0.0383. The van der Waals surface area contributed by atoms with Crippen LogP contribution in [0.15, 0.2) is 91.1 Å². The monoisotopic (exact) mass is 718 g/mol. The molecule has 1 aromatic heterocycles. The highest BCUT2D eigenvalue weighted by Crippen LogP contribution is 2.37. The molecule has 12 heteroatoms. The fraction of sp³-hybridized carbons (Fsp3) is 0.293. The largest absolute Gasteiger partial charge is 0.497 e. The van der Waals surface area contributed by atoms with Crippen molar-refractivity contribution in [3.8, 4) is 23.0 Å². The number of rotatable bonds is 12. The predicted molar refractivity (Wildman–Crippen MR) is 208 cm³/mol. The maximum Gasteiger partial charge on any atom is 0.323 e. The molecular weight excluding hydrogens is 672 g/mol. The number of urea groups is 1. The minimum absolute atomic E-state index is 0.274. The Morgan fingerprint density at radius 1 is 0.830 bits per heavy atom. The van der Waals surface area contributed by atoms with E-state index in [0.717, 1.165) is 40.9 Å². The van der Waals surface area contributed by atoms with Crippen LogP contribution in [0.1, 0.15) is 36.7 Å². The van der Waals surface area contributed by atoms with Crippen LogP contribution in [0.3, 0.4) is 0 Å². The summed E-state index contributed by atoms with van der Waals surface area (Å²) in [7, 11) is 3.12. The normalized spacial score (nSPS) is 13.2. The average molecular weight is 719 g/mol. The van der Waals surface area contributed by atoms with Gasteiger partial charge in [0.05, 0.1) is 44.4 Å². The zero-order valence-corrected chi connectivity index (χ0v) is 30.7. The van der Waals surface area contributed by atoms with Crippen molar-refractivity contribution in [2.45, 2.75) is 26.2 Å². The molecule has 1 fully saturated rings. The van der Waals surface area contributed by atoms with E-state index in [-0.39, 0.29) is 17.1 Å². The van der Waals surface area contributed by atoms with Crippen LogP contribution in [0.2, 0.25) is 0 Å². The molecule has 0 radical (unpaired) electrons. The Hall–Kier alpha value is -5.85. The molecule has 1 aliphatic heterocycles. The van der Waals surface area contributed by atoms with E-state index in [2.05, 4.69) is 51.9 Å². The molecule has 6 rings (SSSR count). The summed E-state index contributed by atoms with van der Waals surface area (Å²) < 4.78 is 22.9. The topological polar surface area (TPSA) is 135 Å². The third-order valence-corrected chi connectivity index (χ3v) is 8.90. The van der Waals surface area contributed by atoms with Gasteiger partial charge in [-0.1, -0.05) is 51.1 Å². The van der Waals surface area contributed by atoms with E-state index in [1.54, 1.807) is 25.4 Å². The predicted octanol–water partition coefficient (Wildman–Crippen LogP) is 7.79. The summed E-state index contributed by atoms with van der Waals surface area (Å²) in [5, 5.41) is 13.8. The maximum absolute atomic E-state index is 13.6. The van der Waals surface area contributed by atoms with Gasteiger partial charge in [0.15, 0.2) is 5.75 Å². The second kappa shape index (κ2) is 16.7. The molecule has 276 valence electrons. The Bertz CT molecular complexity index is 2070. The van der Waals surface area contributed by atoms with Crippen LogP contribution < -0.4 is 35.5 Å². The molecule has 5 aromatic rings. The first kappa shape index (κ1) is 36.9. The van der Waals surface area contributed by atoms with E-state index >= 15 is 0 Å². The number of aromatic nitrogens is 1. The van der Waals surface area contributed by atoms with Crippen LogP contribution in [0, 0.1) is 0 Å². The Morgan fingerprint density at radius 3 is 2.36 bits per heavy atom. The number of carbonyl (C=O) groups excluding carboxylic acids is 2. The smallest absolute Gasteiger partial charge is 0.323 e. The van der Waals surface area contributed by atoms with Crippen molar-refractivity contribution in [2.75, 3.05) is 69.6 Å². The zero-order valence-electron chi connectivity index (χ0n) is 30.7. The van der Waals surface area contributed by atoms with Crippen molar-refractivity contribution in [1.29, 1.82) is 0 Å². The van der Waals surface area contributed by atoms with Crippen LogP contribution in [-0.4, -0.2) is 75.4 Å². The molecule has 4 N–H and O–H groups in total. The first-order chi connectivity index (χ1) is 25.6. The second-order valence-corrected chi connectivity index (χ2v) is 13.6. The standard InChI is InChI=1S/C41H46N6O6/c1-41(2,3)27-23-33(39(48)43-17-18-47-19-21-52-22-20-47)38(51-5)35(24-27)46-40(49)45-34-13-14-36(32-12-7-6-11-31(32)34)53-30-15-16-42-37(26-30)44-28-9-8-10-29(25-28)50-4/h6-16,23-26H,17-22H2,1-5H3,(H,42,44)(H,43,48)(H2,45,46,49). The molecule has 0 atom stereocenters. The first-order valence-electron chi connectivity index (χ1n) is 17.6. The minimum Gasteiger partial charge on any atom is -0.497 e. The molecule has 0 spiro atoms. The molecule has 3 amide bonds. The van der Waals surface area contributed by atoms with Gasteiger partial charge in [0.2, 0.25) is 0 Å². The number of nitrogens with one attached hydrogen (secondary N) is 4. The number of nitrogens with zero attached hydrogens (tertiary/aromatic N) is 2. The van der Waals surface area contributed by atoms with Crippen molar-refractivity contribution >= 4 is 45.6 Å². The summed E-state index contributed by atoms with van der Waals surface area (Å²) in [5.74, 6) is 2.54. The van der Waals surface area contributed by atoms with Crippen LogP contribution in [0.25, 0.3) is 10.8 Å². The van der Waals surface area contributed by atoms with Crippen LogP contribution in [-0.2, 0) is 10.2 Å². The van der Waals surface area contributed by atoms with Gasteiger partial charge in [-0.2, -0.15) is 0 Å². The number of anilines is 4. The quantitative estimate of drug-likeness (QED) is 0.102. The summed E-state index contributed by atoms with van der Waals surface area (Å²) in [6, 6.07) is 25.6. The van der Waals surface area contributed by atoms with Crippen molar-refractivity contribution in [3.63, 3.8) is 0 Å². The van der Waals surface area contributed by atoms with Gasteiger partial charge in [0, 0.05) is 61.0 Å². The van der Waals surface area contributed by atoms with E-state index in [0.29, 0.717) is 60.6 Å². The van der Waals surface area contributed by atoms with E-state index in [1.165, 1.54) is 7.11 Å². The number of carbonyl (C=O) groups is 2. The second-order valence-electron chi connectivity index (χ2n) is 13.6. The van der Waals surface area contributed by atoms with Gasteiger partial charge < -0.3 is 40.2 Å². The van der Waals surface area contributed by atoms with Crippen LogP contribution >= 0.6 is 0 Å². The summed E-state index contributed by atoms with van der Waals surface area (Å²) >= 11 is 0. The van der Waals surface area contributed by atoms with Gasteiger partial charge in [-0.25, -0.2) is 9.78 Å². The molecule has 1 saturated heterocycles. The van der Waals surface area contributed by atoms with Gasteiger partial charge in [0.25, 0.3) is 5.91 Å². The molecular formula is C41H46N6O6. The third kappa shape index (κ3) is 9.34. The Morgan fingerprint density at radius 2 is 1.60 bits per heavy atom. The maximum atomic E-state index is 13.6. The van der Waals surface area contributed by atoms with E-state index in [9.17, 15) is 9.59 Å². The fourth-order valence-electron chi connectivity index (χ4n) is 6.05. The van der Waals surface area contributed by atoms with E-state index in [1.807, 2.05) is 72.8 Å². The van der Waals surface area contributed by atoms with Crippen LogP contribution in [0.4, 0.5) is 27.7 Å². The highest BCUT2D eigenvalue weighted by Gasteiger charge is 2.24. The molecule has 0 bridgehead atoms. The Kier molecular flexibility index (Phi) is 11.6. The SMILES string of the molecule is COc1cccc(Nc2cc(Oc3ccc(NC(=O)Nc4cc(C(C)(C)C)cc(C(=O)NCCN5CCOCC5)c4OC)c4ccccc34)ccn2)c1. The summed E-state index contributed by atoms with van der Waals surface area (Å²) in [6.45, 7) is 10.4. The Labute approximate surface area is 309 Å². The number of hydrogen-bond donors (Lipinski definition) is 4. The lowest BCUT2D eigenvalue weighted by Crippen LogP contribution is -2.41. The number of benzene rings is 4.